The van der Waals surface area contributed by atoms with Crippen molar-refractivity contribution >= 4 is 23.2 Å². The van der Waals surface area contributed by atoms with Gasteiger partial charge in [-0.1, -0.05) is 24.9 Å². The number of aryl methyl sites for hydroxylation is 1. The zero-order valence-corrected chi connectivity index (χ0v) is 11.2. The molecule has 1 aromatic carbocycles. The second-order valence-electron chi connectivity index (χ2n) is 4.17. The standard InChI is InChI=1S/C13H14ClF2N3/c1-2-3-5-19-6-4-17-13(19)18-12-10(14)7-9(15)8-11(12)16/h4,6-8H,2-3,5H2,1H3,(H,17,18). The molecule has 0 aliphatic heterocycles. The number of benzene rings is 1. The van der Waals surface area contributed by atoms with Crippen molar-refractivity contribution in [1.82, 2.24) is 9.55 Å². The third-order valence-electron chi connectivity index (χ3n) is 2.71. The van der Waals surface area contributed by atoms with Gasteiger partial charge in [-0.25, -0.2) is 13.8 Å². The van der Waals surface area contributed by atoms with Crippen molar-refractivity contribution in [2.75, 3.05) is 5.32 Å². The summed E-state index contributed by atoms with van der Waals surface area (Å²) in [6.45, 7) is 2.86. The number of imidazole rings is 1. The van der Waals surface area contributed by atoms with E-state index in [1.807, 2.05) is 4.57 Å². The van der Waals surface area contributed by atoms with E-state index in [-0.39, 0.29) is 10.7 Å². The average Bonchev–Trinajstić information content (AvgIpc) is 2.78. The first-order chi connectivity index (χ1) is 9.11. The van der Waals surface area contributed by atoms with Crippen LogP contribution >= 0.6 is 11.6 Å². The molecule has 2 aromatic rings. The highest BCUT2D eigenvalue weighted by atomic mass is 35.5. The largest absolute Gasteiger partial charge is 0.322 e. The van der Waals surface area contributed by atoms with Gasteiger partial charge in [-0.15, -0.1) is 0 Å². The van der Waals surface area contributed by atoms with E-state index in [9.17, 15) is 8.78 Å². The lowest BCUT2D eigenvalue weighted by molar-refractivity contribution is 0.585. The molecule has 1 heterocycles. The zero-order chi connectivity index (χ0) is 13.8. The molecule has 0 amide bonds. The molecule has 0 saturated carbocycles. The molecule has 0 aliphatic rings. The van der Waals surface area contributed by atoms with Crippen LogP contribution in [0.5, 0.6) is 0 Å². The predicted octanol–water partition coefficient (Wildman–Crippen LogP) is 4.36. The van der Waals surface area contributed by atoms with Crippen LogP contribution in [0.1, 0.15) is 19.8 Å². The Kier molecular flexibility index (Phi) is 4.37. The Morgan fingerprint density at radius 1 is 1.37 bits per heavy atom. The van der Waals surface area contributed by atoms with Gasteiger partial charge < -0.3 is 9.88 Å². The summed E-state index contributed by atoms with van der Waals surface area (Å²) in [6.07, 6.45) is 5.45. The van der Waals surface area contributed by atoms with E-state index >= 15 is 0 Å². The summed E-state index contributed by atoms with van der Waals surface area (Å²) < 4.78 is 28.5. The monoisotopic (exact) mass is 285 g/mol. The lowest BCUT2D eigenvalue weighted by atomic mass is 10.3. The van der Waals surface area contributed by atoms with Gasteiger partial charge in [0.25, 0.3) is 0 Å². The van der Waals surface area contributed by atoms with Crippen molar-refractivity contribution in [3.8, 4) is 0 Å². The fraction of sp³-hybridized carbons (Fsp3) is 0.308. The Bertz CT molecular complexity index is 546. The maximum atomic E-state index is 13.7. The summed E-state index contributed by atoms with van der Waals surface area (Å²) in [6, 6.07) is 1.85. The van der Waals surface area contributed by atoms with Crippen LogP contribution in [0.3, 0.4) is 0 Å². The minimum Gasteiger partial charge on any atom is -0.322 e. The number of nitrogens with zero attached hydrogens (tertiary/aromatic N) is 2. The molecule has 0 atom stereocenters. The Hall–Kier alpha value is -1.62. The highest BCUT2D eigenvalue weighted by Gasteiger charge is 2.12. The maximum Gasteiger partial charge on any atom is 0.207 e. The van der Waals surface area contributed by atoms with Crippen molar-refractivity contribution in [2.45, 2.75) is 26.3 Å². The summed E-state index contributed by atoms with van der Waals surface area (Å²) in [7, 11) is 0. The average molecular weight is 286 g/mol. The molecular weight excluding hydrogens is 272 g/mol. The normalized spacial score (nSPS) is 10.7. The highest BCUT2D eigenvalue weighted by molar-refractivity contribution is 6.33. The lowest BCUT2D eigenvalue weighted by Crippen LogP contribution is -2.05. The van der Waals surface area contributed by atoms with Gasteiger partial charge in [-0.05, 0) is 12.5 Å². The maximum absolute atomic E-state index is 13.7. The van der Waals surface area contributed by atoms with Gasteiger partial charge in [0.15, 0.2) is 5.82 Å². The molecule has 2 rings (SSSR count). The molecular formula is C13H14ClF2N3. The molecule has 0 bridgehead atoms. The molecule has 0 spiro atoms. The van der Waals surface area contributed by atoms with E-state index < -0.39 is 11.6 Å². The van der Waals surface area contributed by atoms with Crippen LogP contribution in [0.2, 0.25) is 5.02 Å². The number of nitrogens with one attached hydrogen (secondary N) is 1. The number of unbranched alkanes of at least 4 members (excludes halogenated alkanes) is 1. The third-order valence-corrected chi connectivity index (χ3v) is 3.01. The van der Waals surface area contributed by atoms with Gasteiger partial charge in [0.1, 0.15) is 5.82 Å². The quantitative estimate of drug-likeness (QED) is 0.884. The number of hydrogen-bond acceptors (Lipinski definition) is 2. The molecule has 0 saturated heterocycles. The van der Waals surface area contributed by atoms with E-state index in [1.165, 1.54) is 0 Å². The van der Waals surface area contributed by atoms with Gasteiger partial charge in [-0.2, -0.15) is 0 Å². The minimum atomic E-state index is -0.741. The van der Waals surface area contributed by atoms with Gasteiger partial charge in [0, 0.05) is 25.0 Å². The second-order valence-corrected chi connectivity index (χ2v) is 4.57. The van der Waals surface area contributed by atoms with Crippen molar-refractivity contribution < 1.29 is 8.78 Å². The number of aromatic nitrogens is 2. The van der Waals surface area contributed by atoms with Gasteiger partial charge >= 0.3 is 0 Å². The minimum absolute atomic E-state index is 0.0115. The van der Waals surface area contributed by atoms with E-state index in [0.29, 0.717) is 5.95 Å². The number of rotatable bonds is 5. The molecule has 1 N–H and O–H groups in total. The summed E-state index contributed by atoms with van der Waals surface area (Å²) in [5.41, 5.74) is 0.0343. The molecule has 6 heteroatoms. The van der Waals surface area contributed by atoms with Gasteiger partial charge in [0.2, 0.25) is 5.95 Å². The third kappa shape index (κ3) is 3.23. The van der Waals surface area contributed by atoms with Gasteiger partial charge in [-0.3, -0.25) is 0 Å². The fourth-order valence-electron chi connectivity index (χ4n) is 1.72. The smallest absolute Gasteiger partial charge is 0.207 e. The van der Waals surface area contributed by atoms with Crippen molar-refractivity contribution in [3.05, 3.63) is 41.2 Å². The van der Waals surface area contributed by atoms with E-state index in [0.717, 1.165) is 31.5 Å². The van der Waals surface area contributed by atoms with Crippen LogP contribution in [-0.4, -0.2) is 9.55 Å². The Labute approximate surface area is 115 Å². The van der Waals surface area contributed by atoms with Crippen LogP contribution in [0.4, 0.5) is 20.4 Å². The summed E-state index contributed by atoms with van der Waals surface area (Å²) in [5.74, 6) is -0.960. The Morgan fingerprint density at radius 2 is 2.16 bits per heavy atom. The van der Waals surface area contributed by atoms with Crippen molar-refractivity contribution in [2.24, 2.45) is 0 Å². The molecule has 0 unspecified atom stereocenters. The summed E-state index contributed by atoms with van der Waals surface area (Å²) in [5, 5.41) is 2.79. The fourth-order valence-corrected chi connectivity index (χ4v) is 1.96. The Balaban J connectivity index is 2.24. The molecule has 0 radical (unpaired) electrons. The number of hydrogen-bond donors (Lipinski definition) is 1. The van der Waals surface area contributed by atoms with Crippen LogP contribution in [0.15, 0.2) is 24.5 Å². The zero-order valence-electron chi connectivity index (χ0n) is 10.5. The second kappa shape index (κ2) is 6.02. The lowest BCUT2D eigenvalue weighted by Gasteiger charge is -2.11. The van der Waals surface area contributed by atoms with Crippen molar-refractivity contribution in [1.29, 1.82) is 0 Å². The molecule has 19 heavy (non-hydrogen) atoms. The molecule has 0 fully saturated rings. The summed E-state index contributed by atoms with van der Waals surface area (Å²) in [4.78, 5) is 4.10. The van der Waals surface area contributed by atoms with Crippen LogP contribution < -0.4 is 5.32 Å². The first-order valence-electron chi connectivity index (χ1n) is 6.04. The van der Waals surface area contributed by atoms with Crippen LogP contribution in [0, 0.1) is 11.6 Å². The van der Waals surface area contributed by atoms with Crippen LogP contribution in [0.25, 0.3) is 0 Å². The van der Waals surface area contributed by atoms with E-state index in [2.05, 4.69) is 17.2 Å². The van der Waals surface area contributed by atoms with Crippen molar-refractivity contribution in [3.63, 3.8) is 0 Å². The molecule has 1 aromatic heterocycles. The topological polar surface area (TPSA) is 29.9 Å². The molecule has 102 valence electrons. The molecule has 0 aliphatic carbocycles. The van der Waals surface area contributed by atoms with E-state index in [1.54, 1.807) is 12.4 Å². The van der Waals surface area contributed by atoms with Gasteiger partial charge in [0.05, 0.1) is 10.7 Å². The highest BCUT2D eigenvalue weighted by Crippen LogP contribution is 2.28. The summed E-state index contributed by atoms with van der Waals surface area (Å²) >= 11 is 5.83. The van der Waals surface area contributed by atoms with E-state index in [4.69, 9.17) is 11.6 Å². The predicted molar refractivity (Wildman–Crippen MR) is 71.8 cm³/mol. The van der Waals surface area contributed by atoms with Crippen LogP contribution in [-0.2, 0) is 6.54 Å². The SMILES string of the molecule is CCCCn1ccnc1Nc1c(F)cc(F)cc1Cl. The first kappa shape index (κ1) is 13.8. The Morgan fingerprint density at radius 3 is 2.84 bits per heavy atom. The first-order valence-corrected chi connectivity index (χ1v) is 6.42. The molecule has 3 nitrogen and oxygen atoms in total. The number of anilines is 2. The number of halogens is 3.